The van der Waals surface area contributed by atoms with Gasteiger partial charge in [0.2, 0.25) is 5.91 Å². The smallest absolute Gasteiger partial charge is 0.338 e. The standard InChI is InChI=1S/C24H35FN2O4/c1-15(2)27(16(3)4)23(28)13-26-9-7-17(8-10-26)14-31-22-12-21(25)20(24(29)30)11-19(22)18-5-6-18/h11-12,15-18H,5-10,13-14H2,1-4H3,(H,29,30). The van der Waals surface area contributed by atoms with Gasteiger partial charge in [0, 0.05) is 18.2 Å². The van der Waals surface area contributed by atoms with Gasteiger partial charge in [-0.2, -0.15) is 0 Å². The number of ether oxygens (including phenoxy) is 1. The molecule has 31 heavy (non-hydrogen) atoms. The lowest BCUT2D eigenvalue weighted by Crippen LogP contribution is -2.48. The number of piperidine rings is 1. The molecule has 1 saturated carbocycles. The normalized spacial score (nSPS) is 17.9. The van der Waals surface area contributed by atoms with Crippen molar-refractivity contribution >= 4 is 11.9 Å². The summed E-state index contributed by atoms with van der Waals surface area (Å²) in [5.74, 6) is -0.741. The molecule has 0 bridgehead atoms. The van der Waals surface area contributed by atoms with Crippen molar-refractivity contribution in [3.8, 4) is 5.75 Å². The number of amides is 1. The third-order valence-corrected chi connectivity index (χ3v) is 6.29. The first-order valence-corrected chi connectivity index (χ1v) is 11.4. The Hall–Kier alpha value is -2.15. The van der Waals surface area contributed by atoms with Crippen LogP contribution in [0.1, 0.15) is 75.2 Å². The highest BCUT2D eigenvalue weighted by Gasteiger charge is 2.30. The highest BCUT2D eigenvalue weighted by molar-refractivity contribution is 5.88. The van der Waals surface area contributed by atoms with Crippen LogP contribution in [0.5, 0.6) is 5.75 Å². The van der Waals surface area contributed by atoms with Crippen LogP contribution < -0.4 is 4.74 Å². The number of nitrogens with zero attached hydrogens (tertiary/aromatic N) is 2. The SMILES string of the molecule is CC(C)N(C(=O)CN1CCC(COc2cc(F)c(C(=O)O)cc2C2CC2)CC1)C(C)C. The minimum absolute atomic E-state index is 0.169. The maximum absolute atomic E-state index is 14.2. The molecule has 0 aromatic heterocycles. The highest BCUT2D eigenvalue weighted by Crippen LogP contribution is 2.45. The van der Waals surface area contributed by atoms with Crippen molar-refractivity contribution in [3.63, 3.8) is 0 Å². The van der Waals surface area contributed by atoms with Crippen molar-refractivity contribution in [2.75, 3.05) is 26.2 Å². The van der Waals surface area contributed by atoms with Crippen LogP contribution in [0.25, 0.3) is 0 Å². The van der Waals surface area contributed by atoms with Gasteiger partial charge in [-0.05, 0) is 89.9 Å². The molecule has 7 heteroatoms. The monoisotopic (exact) mass is 434 g/mol. The molecule has 0 spiro atoms. The van der Waals surface area contributed by atoms with Crippen molar-refractivity contribution in [2.24, 2.45) is 5.92 Å². The number of carboxylic acids is 1. The molecule has 1 saturated heterocycles. The molecular formula is C24H35FN2O4. The molecule has 2 fully saturated rings. The number of aromatic carboxylic acids is 1. The molecule has 0 radical (unpaired) electrons. The van der Waals surface area contributed by atoms with E-state index in [2.05, 4.69) is 4.90 Å². The molecule has 1 heterocycles. The van der Waals surface area contributed by atoms with Crippen molar-refractivity contribution < 1.29 is 23.8 Å². The van der Waals surface area contributed by atoms with Crippen LogP contribution in [0, 0.1) is 11.7 Å². The number of halogens is 1. The summed E-state index contributed by atoms with van der Waals surface area (Å²) in [4.78, 5) is 28.1. The van der Waals surface area contributed by atoms with E-state index in [-0.39, 0.29) is 29.5 Å². The van der Waals surface area contributed by atoms with E-state index in [4.69, 9.17) is 4.74 Å². The second kappa shape index (κ2) is 9.98. The average Bonchev–Trinajstić information content (AvgIpc) is 3.51. The van der Waals surface area contributed by atoms with E-state index in [9.17, 15) is 19.1 Å². The minimum atomic E-state index is -1.25. The van der Waals surface area contributed by atoms with E-state index >= 15 is 0 Å². The lowest BCUT2D eigenvalue weighted by atomic mass is 9.97. The molecule has 1 aliphatic heterocycles. The van der Waals surface area contributed by atoms with Crippen molar-refractivity contribution in [1.82, 2.24) is 9.80 Å². The first-order chi connectivity index (χ1) is 14.7. The van der Waals surface area contributed by atoms with Crippen LogP contribution >= 0.6 is 0 Å². The lowest BCUT2D eigenvalue weighted by molar-refractivity contribution is -0.136. The molecule has 2 aliphatic rings. The summed E-state index contributed by atoms with van der Waals surface area (Å²) in [5.41, 5.74) is 0.522. The fourth-order valence-electron chi connectivity index (χ4n) is 4.54. The van der Waals surface area contributed by atoms with Gasteiger partial charge < -0.3 is 14.7 Å². The predicted octanol–water partition coefficient (Wildman–Crippen LogP) is 4.14. The van der Waals surface area contributed by atoms with Crippen LogP contribution in [-0.2, 0) is 4.79 Å². The van der Waals surface area contributed by atoms with Crippen LogP contribution in [0.3, 0.4) is 0 Å². The summed E-state index contributed by atoms with van der Waals surface area (Å²) in [5, 5.41) is 9.19. The molecule has 0 atom stereocenters. The molecule has 1 N–H and O–H groups in total. The van der Waals surface area contributed by atoms with Gasteiger partial charge in [-0.15, -0.1) is 0 Å². The van der Waals surface area contributed by atoms with Crippen LogP contribution in [0.4, 0.5) is 4.39 Å². The Morgan fingerprint density at radius 3 is 2.26 bits per heavy atom. The number of hydrogen-bond acceptors (Lipinski definition) is 4. The second-order valence-corrected chi connectivity index (χ2v) is 9.47. The van der Waals surface area contributed by atoms with Gasteiger partial charge in [0.25, 0.3) is 0 Å². The molecular weight excluding hydrogens is 399 g/mol. The summed E-state index contributed by atoms with van der Waals surface area (Å²) in [6, 6.07) is 3.05. The van der Waals surface area contributed by atoms with Gasteiger partial charge in [0.1, 0.15) is 11.6 Å². The zero-order valence-electron chi connectivity index (χ0n) is 19.1. The number of likely N-dealkylation sites (tertiary alicyclic amines) is 1. The van der Waals surface area contributed by atoms with Crippen LogP contribution in [-0.4, -0.2) is 65.1 Å². The lowest BCUT2D eigenvalue weighted by Gasteiger charge is -2.36. The number of rotatable bonds is 9. The Labute approximate surface area is 184 Å². The van der Waals surface area contributed by atoms with E-state index < -0.39 is 11.8 Å². The summed E-state index contributed by atoms with van der Waals surface area (Å²) >= 11 is 0. The van der Waals surface area contributed by atoms with Gasteiger partial charge in [0.05, 0.1) is 18.7 Å². The fourth-order valence-corrected chi connectivity index (χ4v) is 4.54. The largest absolute Gasteiger partial charge is 0.493 e. The van der Waals surface area contributed by atoms with E-state index in [1.54, 1.807) is 0 Å². The fraction of sp³-hybridized carbons (Fsp3) is 0.667. The number of carboxylic acid groups (broad SMARTS) is 1. The van der Waals surface area contributed by atoms with Gasteiger partial charge in [-0.25, -0.2) is 9.18 Å². The van der Waals surface area contributed by atoms with Crippen molar-refractivity contribution in [1.29, 1.82) is 0 Å². The zero-order valence-corrected chi connectivity index (χ0v) is 19.1. The topological polar surface area (TPSA) is 70.1 Å². The van der Waals surface area contributed by atoms with E-state index in [1.165, 1.54) is 12.1 Å². The Kier molecular flexibility index (Phi) is 7.57. The second-order valence-electron chi connectivity index (χ2n) is 9.47. The summed E-state index contributed by atoms with van der Waals surface area (Å²) in [6.07, 6.45) is 3.81. The Morgan fingerprint density at radius 2 is 1.74 bits per heavy atom. The van der Waals surface area contributed by atoms with Crippen LogP contribution in [0.2, 0.25) is 0 Å². The van der Waals surface area contributed by atoms with Gasteiger partial charge in [0.15, 0.2) is 0 Å². The summed E-state index contributed by atoms with van der Waals surface area (Å²) in [6.45, 7) is 10.8. The van der Waals surface area contributed by atoms with E-state index in [0.717, 1.165) is 44.3 Å². The average molecular weight is 435 g/mol. The molecule has 3 rings (SSSR count). The number of carbonyl (C=O) groups is 2. The Morgan fingerprint density at radius 1 is 1.13 bits per heavy atom. The first kappa shape index (κ1) is 23.5. The predicted molar refractivity (Wildman–Crippen MR) is 117 cm³/mol. The van der Waals surface area contributed by atoms with Crippen LogP contribution in [0.15, 0.2) is 12.1 Å². The molecule has 1 amide bonds. The van der Waals surface area contributed by atoms with Gasteiger partial charge >= 0.3 is 5.97 Å². The third kappa shape index (κ3) is 5.97. The van der Waals surface area contributed by atoms with Gasteiger partial charge in [-0.1, -0.05) is 0 Å². The third-order valence-electron chi connectivity index (χ3n) is 6.29. The first-order valence-electron chi connectivity index (χ1n) is 11.4. The van der Waals surface area contributed by atoms with Crippen molar-refractivity contribution in [2.45, 2.75) is 71.4 Å². The number of hydrogen-bond donors (Lipinski definition) is 1. The van der Waals surface area contributed by atoms with Crippen molar-refractivity contribution in [3.05, 3.63) is 29.1 Å². The zero-order chi connectivity index (χ0) is 22.7. The number of carbonyl (C=O) groups excluding carboxylic acids is 1. The maximum atomic E-state index is 14.2. The number of benzene rings is 1. The Bertz CT molecular complexity index is 791. The molecule has 1 aromatic rings. The van der Waals surface area contributed by atoms with Gasteiger partial charge in [-0.3, -0.25) is 9.69 Å². The molecule has 1 aliphatic carbocycles. The Balaban J connectivity index is 1.52. The van der Waals surface area contributed by atoms with E-state index in [0.29, 0.717) is 24.8 Å². The maximum Gasteiger partial charge on any atom is 0.338 e. The van der Waals surface area contributed by atoms with E-state index in [1.807, 2.05) is 32.6 Å². The minimum Gasteiger partial charge on any atom is -0.493 e. The molecule has 0 unspecified atom stereocenters. The summed E-state index contributed by atoms with van der Waals surface area (Å²) < 4.78 is 20.2. The molecule has 172 valence electrons. The summed E-state index contributed by atoms with van der Waals surface area (Å²) in [7, 11) is 0. The molecule has 6 nitrogen and oxygen atoms in total. The quantitative estimate of drug-likeness (QED) is 0.633. The highest BCUT2D eigenvalue weighted by atomic mass is 19.1. The molecule has 1 aromatic carbocycles.